The second kappa shape index (κ2) is 10.2. The molecule has 1 heterocycles. The van der Waals surface area contributed by atoms with Crippen molar-refractivity contribution in [2.24, 2.45) is 5.10 Å². The van der Waals surface area contributed by atoms with Gasteiger partial charge in [0, 0.05) is 24.6 Å². The number of methoxy groups -OCH3 is 2. The minimum absolute atomic E-state index is 0.114. The molecule has 3 N–H and O–H groups in total. The number of halogens is 1. The Bertz CT molecular complexity index is 1060. The Labute approximate surface area is 191 Å². The van der Waals surface area contributed by atoms with E-state index in [0.29, 0.717) is 46.7 Å². The summed E-state index contributed by atoms with van der Waals surface area (Å²) < 4.78 is 17.1. The average molecular weight is 461 g/mol. The van der Waals surface area contributed by atoms with Crippen LogP contribution < -0.4 is 30.3 Å². The normalized spacial score (nSPS) is 15.2. The molecule has 0 saturated carbocycles. The molecule has 1 aliphatic rings. The summed E-state index contributed by atoms with van der Waals surface area (Å²) in [6.07, 6.45) is 0.519. The third-order valence-electron chi connectivity index (χ3n) is 4.83. The quantitative estimate of drug-likeness (QED) is 0.560. The van der Waals surface area contributed by atoms with Crippen molar-refractivity contribution in [3.63, 3.8) is 0 Å². The first-order valence-corrected chi connectivity index (χ1v) is 10.3. The van der Waals surface area contributed by atoms with Crippen LogP contribution in [0.25, 0.3) is 0 Å². The molecule has 1 unspecified atom stereocenters. The highest BCUT2D eigenvalue weighted by molar-refractivity contribution is 6.32. The number of nitrogens with one attached hydrogen (secondary N) is 3. The molecule has 170 valence electrons. The van der Waals surface area contributed by atoms with Crippen LogP contribution in [0.5, 0.6) is 23.0 Å². The fourth-order valence-electron chi connectivity index (χ4n) is 3.29. The molecular weight excluding hydrogens is 436 g/mol. The number of nitrogens with zero attached hydrogens (tertiary/aromatic N) is 1. The maximum Gasteiger partial charge on any atom is 0.335 e. The van der Waals surface area contributed by atoms with Crippen LogP contribution >= 0.6 is 11.6 Å². The fourth-order valence-corrected chi connectivity index (χ4v) is 3.51. The molecule has 10 heteroatoms. The lowest BCUT2D eigenvalue weighted by atomic mass is 10.0. The van der Waals surface area contributed by atoms with E-state index in [4.69, 9.17) is 25.8 Å². The highest BCUT2D eigenvalue weighted by Gasteiger charge is 2.22. The molecule has 1 atom stereocenters. The summed E-state index contributed by atoms with van der Waals surface area (Å²) in [4.78, 5) is 22.7. The second-order valence-corrected chi connectivity index (χ2v) is 7.48. The molecule has 0 aliphatic carbocycles. The van der Waals surface area contributed by atoms with E-state index >= 15 is 0 Å². The zero-order valence-corrected chi connectivity index (χ0v) is 19.0. The molecule has 0 bridgehead atoms. The molecule has 0 saturated heterocycles. The van der Waals surface area contributed by atoms with Crippen LogP contribution in [0.4, 0.5) is 4.79 Å². The van der Waals surface area contributed by atoms with Crippen LogP contribution in [0, 0.1) is 0 Å². The number of hydrazone groups is 1. The number of hydrogen-bond acceptors (Lipinski definition) is 6. The molecule has 9 nitrogen and oxygen atoms in total. The Morgan fingerprint density at radius 3 is 2.53 bits per heavy atom. The lowest BCUT2D eigenvalue weighted by molar-refractivity contribution is -0.118. The Morgan fingerprint density at radius 1 is 1.16 bits per heavy atom. The number of amides is 3. The number of rotatable bonds is 8. The predicted octanol–water partition coefficient (Wildman–Crippen LogP) is 3.23. The summed E-state index contributed by atoms with van der Waals surface area (Å²) in [5.41, 5.74) is 4.60. The first kappa shape index (κ1) is 23.2. The highest BCUT2D eigenvalue weighted by Crippen LogP contribution is 2.43. The third kappa shape index (κ3) is 5.23. The van der Waals surface area contributed by atoms with E-state index in [1.54, 1.807) is 31.4 Å². The Morgan fingerprint density at radius 2 is 1.91 bits per heavy atom. The first-order chi connectivity index (χ1) is 15.3. The minimum Gasteiger partial charge on any atom is -0.493 e. The second-order valence-electron chi connectivity index (χ2n) is 7.07. The van der Waals surface area contributed by atoms with Crippen molar-refractivity contribution >= 4 is 29.3 Å². The number of urea groups is 1. The van der Waals surface area contributed by atoms with E-state index in [2.05, 4.69) is 21.2 Å². The lowest BCUT2D eigenvalue weighted by Crippen LogP contribution is -2.48. The molecule has 2 aromatic rings. The van der Waals surface area contributed by atoms with Crippen LogP contribution in [0.3, 0.4) is 0 Å². The topological polar surface area (TPSA) is 110 Å². The molecule has 1 aliphatic heterocycles. The van der Waals surface area contributed by atoms with E-state index in [1.165, 1.54) is 14.0 Å². The van der Waals surface area contributed by atoms with Gasteiger partial charge in [-0.1, -0.05) is 17.7 Å². The fraction of sp³-hybridized carbons (Fsp3) is 0.318. The van der Waals surface area contributed by atoms with E-state index in [0.717, 1.165) is 11.1 Å². The van der Waals surface area contributed by atoms with Gasteiger partial charge in [0.15, 0.2) is 11.5 Å². The van der Waals surface area contributed by atoms with Crippen LogP contribution in [-0.2, 0) is 11.2 Å². The summed E-state index contributed by atoms with van der Waals surface area (Å²) in [5.74, 6) is 1.67. The van der Waals surface area contributed by atoms with Crippen molar-refractivity contribution in [2.45, 2.75) is 26.3 Å². The molecule has 0 fully saturated rings. The standard InChI is InChI=1S/C22H25ClN4O5/c1-12-19(26-27-22(29)25-12)15-6-7-17(16(23)11-15)32-20-14(9-10-24-13(2)28)5-8-18(30-3)21(20)31-4/h5-8,11-12H,9-10H2,1-4H3,(H,24,28)(H2,25,27,29). The van der Waals surface area contributed by atoms with Gasteiger partial charge in [-0.15, -0.1) is 0 Å². The van der Waals surface area contributed by atoms with Crippen LogP contribution in [0.1, 0.15) is 25.0 Å². The number of carbonyl (C=O) groups excluding carboxylic acids is 2. The van der Waals surface area contributed by atoms with Crippen molar-refractivity contribution in [3.05, 3.63) is 46.5 Å². The average Bonchev–Trinajstić information content (AvgIpc) is 2.75. The van der Waals surface area contributed by atoms with Gasteiger partial charge in [0.1, 0.15) is 5.75 Å². The van der Waals surface area contributed by atoms with Gasteiger partial charge in [-0.3, -0.25) is 4.79 Å². The van der Waals surface area contributed by atoms with Gasteiger partial charge in [-0.05, 0) is 37.6 Å². The van der Waals surface area contributed by atoms with E-state index in [9.17, 15) is 9.59 Å². The molecular formula is C22H25ClN4O5. The number of hydrogen-bond donors (Lipinski definition) is 3. The Balaban J connectivity index is 1.93. The van der Waals surface area contributed by atoms with Crippen LogP contribution in [0.15, 0.2) is 35.4 Å². The number of ether oxygens (including phenoxy) is 3. The summed E-state index contributed by atoms with van der Waals surface area (Å²) in [7, 11) is 3.07. The largest absolute Gasteiger partial charge is 0.493 e. The van der Waals surface area contributed by atoms with Crippen molar-refractivity contribution in [1.29, 1.82) is 0 Å². The SMILES string of the molecule is COc1ccc(CCNC(C)=O)c(Oc2ccc(C3=NNC(=O)NC3C)cc2Cl)c1OC. The van der Waals surface area contributed by atoms with E-state index < -0.39 is 0 Å². The first-order valence-electron chi connectivity index (χ1n) is 9.94. The molecule has 0 spiro atoms. The van der Waals surface area contributed by atoms with Crippen molar-refractivity contribution in [1.82, 2.24) is 16.1 Å². The molecule has 32 heavy (non-hydrogen) atoms. The van der Waals surface area contributed by atoms with Crippen molar-refractivity contribution in [3.8, 4) is 23.0 Å². The van der Waals surface area contributed by atoms with Gasteiger partial charge < -0.3 is 24.8 Å². The lowest BCUT2D eigenvalue weighted by Gasteiger charge is -2.22. The molecule has 0 radical (unpaired) electrons. The van der Waals surface area contributed by atoms with Crippen LogP contribution in [-0.4, -0.2) is 44.5 Å². The number of carbonyl (C=O) groups is 2. The van der Waals surface area contributed by atoms with Crippen molar-refractivity contribution in [2.75, 3.05) is 20.8 Å². The number of benzene rings is 2. The van der Waals surface area contributed by atoms with Gasteiger partial charge in [-0.2, -0.15) is 5.10 Å². The Hall–Kier alpha value is -3.46. The summed E-state index contributed by atoms with van der Waals surface area (Å²) >= 11 is 6.53. The van der Waals surface area contributed by atoms with E-state index in [-0.39, 0.29) is 18.0 Å². The van der Waals surface area contributed by atoms with Crippen LogP contribution in [0.2, 0.25) is 5.02 Å². The predicted molar refractivity (Wildman–Crippen MR) is 121 cm³/mol. The van der Waals surface area contributed by atoms with Gasteiger partial charge in [0.2, 0.25) is 11.7 Å². The van der Waals surface area contributed by atoms with Gasteiger partial charge in [0.05, 0.1) is 31.0 Å². The summed E-state index contributed by atoms with van der Waals surface area (Å²) in [6.45, 7) is 3.73. The summed E-state index contributed by atoms with van der Waals surface area (Å²) in [5, 5.41) is 9.99. The molecule has 3 rings (SSSR count). The highest BCUT2D eigenvalue weighted by atomic mass is 35.5. The van der Waals surface area contributed by atoms with E-state index in [1.807, 2.05) is 13.0 Å². The zero-order chi connectivity index (χ0) is 23.3. The molecule has 0 aromatic heterocycles. The summed E-state index contributed by atoms with van der Waals surface area (Å²) in [6, 6.07) is 8.25. The minimum atomic E-state index is -0.357. The molecule has 2 aromatic carbocycles. The zero-order valence-electron chi connectivity index (χ0n) is 18.2. The maximum absolute atomic E-state index is 11.4. The van der Waals surface area contributed by atoms with Gasteiger partial charge in [0.25, 0.3) is 0 Å². The third-order valence-corrected chi connectivity index (χ3v) is 5.12. The van der Waals surface area contributed by atoms with Gasteiger partial charge >= 0.3 is 6.03 Å². The molecule has 3 amide bonds. The van der Waals surface area contributed by atoms with Crippen molar-refractivity contribution < 1.29 is 23.8 Å². The maximum atomic E-state index is 11.4. The monoisotopic (exact) mass is 460 g/mol. The van der Waals surface area contributed by atoms with Gasteiger partial charge in [-0.25, -0.2) is 10.2 Å². The smallest absolute Gasteiger partial charge is 0.335 e. The Kier molecular flexibility index (Phi) is 7.42.